The van der Waals surface area contributed by atoms with Crippen LogP contribution in [0.1, 0.15) is 11.4 Å². The molecule has 0 aliphatic rings. The predicted molar refractivity (Wildman–Crippen MR) is 50.2 cm³/mol. The molecule has 0 radical (unpaired) electrons. The van der Waals surface area contributed by atoms with Gasteiger partial charge in [0.15, 0.2) is 5.76 Å². The van der Waals surface area contributed by atoms with Gasteiger partial charge in [0.25, 0.3) is 0 Å². The van der Waals surface area contributed by atoms with Crippen LogP contribution in [0.4, 0.5) is 0 Å². The molecule has 0 fully saturated rings. The second kappa shape index (κ2) is 3.55. The molecule has 2 aromatic heterocycles. The van der Waals surface area contributed by atoms with E-state index in [9.17, 15) is 0 Å². The highest BCUT2D eigenvalue weighted by molar-refractivity contribution is 5.54. The first-order valence-electron chi connectivity index (χ1n) is 4.25. The van der Waals surface area contributed by atoms with Crippen molar-refractivity contribution in [1.82, 2.24) is 15.1 Å². The highest BCUT2D eigenvalue weighted by atomic mass is 16.5. The Balaban J connectivity index is 2.44. The van der Waals surface area contributed by atoms with Gasteiger partial charge in [-0.05, 0) is 6.92 Å². The van der Waals surface area contributed by atoms with Gasteiger partial charge >= 0.3 is 0 Å². The molecule has 2 heterocycles. The molecule has 5 heteroatoms. The maximum atomic E-state index is 5.42. The Morgan fingerprint density at radius 1 is 1.36 bits per heavy atom. The molecule has 0 atom stereocenters. The molecule has 0 unspecified atom stereocenters. The number of nitrogens with zero attached hydrogens (tertiary/aromatic N) is 3. The predicted octanol–water partition coefficient (Wildman–Crippen LogP) is 0.899. The van der Waals surface area contributed by atoms with Crippen LogP contribution in [-0.4, -0.2) is 15.1 Å². The van der Waals surface area contributed by atoms with E-state index in [0.717, 1.165) is 5.69 Å². The van der Waals surface area contributed by atoms with E-state index in [2.05, 4.69) is 15.1 Å². The summed E-state index contributed by atoms with van der Waals surface area (Å²) in [6.45, 7) is 2.23. The van der Waals surface area contributed by atoms with Crippen LogP contribution in [0.25, 0.3) is 11.5 Å². The zero-order valence-electron chi connectivity index (χ0n) is 7.77. The Kier molecular flexibility index (Phi) is 2.24. The summed E-state index contributed by atoms with van der Waals surface area (Å²) in [5, 5.41) is 3.78. The molecule has 2 aromatic rings. The van der Waals surface area contributed by atoms with Gasteiger partial charge in [-0.2, -0.15) is 0 Å². The molecule has 0 saturated carbocycles. The minimum atomic E-state index is 0.364. The molecule has 0 aliphatic carbocycles. The van der Waals surface area contributed by atoms with Gasteiger partial charge in [0.05, 0.1) is 11.4 Å². The summed E-state index contributed by atoms with van der Waals surface area (Å²) in [6, 6.07) is 1.77. The molecule has 2 N–H and O–H groups in total. The minimum absolute atomic E-state index is 0.364. The van der Waals surface area contributed by atoms with E-state index in [1.165, 1.54) is 0 Å². The van der Waals surface area contributed by atoms with Crippen molar-refractivity contribution < 1.29 is 4.52 Å². The average Bonchev–Trinajstić information content (AvgIpc) is 2.67. The van der Waals surface area contributed by atoms with Gasteiger partial charge in [-0.1, -0.05) is 5.16 Å². The number of rotatable bonds is 2. The fraction of sp³-hybridized carbons (Fsp3) is 0.222. The fourth-order valence-electron chi connectivity index (χ4n) is 1.17. The zero-order chi connectivity index (χ0) is 9.97. The first-order chi connectivity index (χ1) is 6.81. The SMILES string of the molecule is Cc1nccnc1-c1cc(CN)no1. The standard InChI is InChI=1S/C9H10N4O/c1-6-9(12-3-2-11-6)8-4-7(5-10)13-14-8/h2-4H,5,10H2,1H3. The molecule has 5 nitrogen and oxygen atoms in total. The maximum absolute atomic E-state index is 5.42. The lowest BCUT2D eigenvalue weighted by molar-refractivity contribution is 0.422. The van der Waals surface area contributed by atoms with Crippen LogP contribution < -0.4 is 5.73 Å². The molecule has 0 aromatic carbocycles. The van der Waals surface area contributed by atoms with E-state index in [1.54, 1.807) is 18.5 Å². The van der Waals surface area contributed by atoms with Crippen LogP contribution in [0, 0.1) is 6.92 Å². The molecule has 0 amide bonds. The lowest BCUT2D eigenvalue weighted by Gasteiger charge is -1.96. The van der Waals surface area contributed by atoms with Gasteiger partial charge in [-0.25, -0.2) is 4.98 Å². The van der Waals surface area contributed by atoms with E-state index in [1.807, 2.05) is 6.92 Å². The molecule has 0 spiro atoms. The van der Waals surface area contributed by atoms with E-state index in [-0.39, 0.29) is 0 Å². The smallest absolute Gasteiger partial charge is 0.187 e. The van der Waals surface area contributed by atoms with E-state index in [0.29, 0.717) is 23.7 Å². The van der Waals surface area contributed by atoms with Crippen molar-refractivity contribution in [2.75, 3.05) is 0 Å². The fourth-order valence-corrected chi connectivity index (χ4v) is 1.17. The molecule has 0 bridgehead atoms. The average molecular weight is 190 g/mol. The van der Waals surface area contributed by atoms with Crippen molar-refractivity contribution >= 4 is 0 Å². The van der Waals surface area contributed by atoms with Gasteiger partial charge in [-0.15, -0.1) is 0 Å². The first kappa shape index (κ1) is 8.83. The Morgan fingerprint density at radius 2 is 2.14 bits per heavy atom. The second-order valence-electron chi connectivity index (χ2n) is 2.88. The quantitative estimate of drug-likeness (QED) is 0.761. The van der Waals surface area contributed by atoms with Gasteiger partial charge in [0, 0.05) is 25.0 Å². The number of hydrogen-bond donors (Lipinski definition) is 1. The third kappa shape index (κ3) is 1.49. The first-order valence-corrected chi connectivity index (χ1v) is 4.25. The molecule has 14 heavy (non-hydrogen) atoms. The summed E-state index contributed by atoms with van der Waals surface area (Å²) in [5.74, 6) is 0.607. The molecule has 2 rings (SSSR count). The van der Waals surface area contributed by atoms with Gasteiger partial charge in [-0.3, -0.25) is 4.98 Å². The number of aryl methyl sites for hydroxylation is 1. The molecular weight excluding hydrogens is 180 g/mol. The van der Waals surface area contributed by atoms with Crippen molar-refractivity contribution in [3.63, 3.8) is 0 Å². The molecule has 72 valence electrons. The normalized spacial score (nSPS) is 10.4. The van der Waals surface area contributed by atoms with Gasteiger partial charge < -0.3 is 10.3 Å². The van der Waals surface area contributed by atoms with E-state index in [4.69, 9.17) is 10.3 Å². The van der Waals surface area contributed by atoms with Crippen molar-refractivity contribution in [3.8, 4) is 11.5 Å². The zero-order valence-corrected chi connectivity index (χ0v) is 7.77. The van der Waals surface area contributed by atoms with Crippen LogP contribution in [0.2, 0.25) is 0 Å². The topological polar surface area (TPSA) is 77.8 Å². The largest absolute Gasteiger partial charge is 0.354 e. The third-order valence-electron chi connectivity index (χ3n) is 1.88. The third-order valence-corrected chi connectivity index (χ3v) is 1.88. The Hall–Kier alpha value is -1.75. The second-order valence-corrected chi connectivity index (χ2v) is 2.88. The lowest BCUT2D eigenvalue weighted by atomic mass is 10.2. The number of nitrogens with two attached hydrogens (primary N) is 1. The summed E-state index contributed by atoms with van der Waals surface area (Å²) in [5.41, 5.74) is 7.65. The van der Waals surface area contributed by atoms with Gasteiger partial charge in [0.2, 0.25) is 0 Å². The molecular formula is C9H10N4O. The van der Waals surface area contributed by atoms with Crippen LogP contribution in [-0.2, 0) is 6.54 Å². The maximum Gasteiger partial charge on any atom is 0.187 e. The Morgan fingerprint density at radius 3 is 2.79 bits per heavy atom. The monoisotopic (exact) mass is 190 g/mol. The van der Waals surface area contributed by atoms with Crippen molar-refractivity contribution in [1.29, 1.82) is 0 Å². The Bertz CT molecular complexity index is 438. The summed E-state index contributed by atoms with van der Waals surface area (Å²) < 4.78 is 5.09. The van der Waals surface area contributed by atoms with Crippen LogP contribution in [0.15, 0.2) is 23.0 Å². The summed E-state index contributed by atoms with van der Waals surface area (Å²) >= 11 is 0. The summed E-state index contributed by atoms with van der Waals surface area (Å²) in [4.78, 5) is 8.27. The van der Waals surface area contributed by atoms with Crippen molar-refractivity contribution in [3.05, 3.63) is 29.8 Å². The van der Waals surface area contributed by atoms with Crippen LogP contribution >= 0.6 is 0 Å². The number of aromatic nitrogens is 3. The summed E-state index contributed by atoms with van der Waals surface area (Å²) in [6.07, 6.45) is 3.26. The van der Waals surface area contributed by atoms with Crippen LogP contribution in [0.3, 0.4) is 0 Å². The lowest BCUT2D eigenvalue weighted by Crippen LogP contribution is -1.95. The van der Waals surface area contributed by atoms with E-state index >= 15 is 0 Å². The van der Waals surface area contributed by atoms with Crippen molar-refractivity contribution in [2.24, 2.45) is 5.73 Å². The van der Waals surface area contributed by atoms with Crippen LogP contribution in [0.5, 0.6) is 0 Å². The highest BCUT2D eigenvalue weighted by Gasteiger charge is 2.09. The summed E-state index contributed by atoms with van der Waals surface area (Å²) in [7, 11) is 0. The number of hydrogen-bond acceptors (Lipinski definition) is 5. The minimum Gasteiger partial charge on any atom is -0.354 e. The Labute approximate surface area is 81.0 Å². The van der Waals surface area contributed by atoms with Crippen molar-refractivity contribution in [2.45, 2.75) is 13.5 Å². The van der Waals surface area contributed by atoms with Gasteiger partial charge in [0.1, 0.15) is 5.69 Å². The highest BCUT2D eigenvalue weighted by Crippen LogP contribution is 2.19. The molecule has 0 saturated heterocycles. The van der Waals surface area contributed by atoms with E-state index < -0.39 is 0 Å². The molecule has 0 aliphatic heterocycles.